The van der Waals surface area contributed by atoms with E-state index < -0.39 is 52.7 Å². The van der Waals surface area contributed by atoms with E-state index in [0.717, 1.165) is 30.3 Å². The Bertz CT molecular complexity index is 1220. The van der Waals surface area contributed by atoms with Crippen LogP contribution in [0.15, 0.2) is 36.4 Å². The molecule has 0 bridgehead atoms. The minimum atomic E-state index is -1.18. The fourth-order valence-corrected chi connectivity index (χ4v) is 3.55. The number of carbonyl (C=O) groups is 1. The van der Waals surface area contributed by atoms with Gasteiger partial charge >= 0.3 is 5.97 Å². The molecule has 2 atom stereocenters. The second kappa shape index (κ2) is 7.79. The highest BCUT2D eigenvalue weighted by atomic mass is 16.6. The average Bonchev–Trinajstić information content (AvgIpc) is 2.75. The van der Waals surface area contributed by atoms with Crippen LogP contribution >= 0.6 is 0 Å². The van der Waals surface area contributed by atoms with Gasteiger partial charge in [0.1, 0.15) is 23.4 Å². The lowest BCUT2D eigenvalue weighted by Gasteiger charge is -2.34. The summed E-state index contributed by atoms with van der Waals surface area (Å²) in [6, 6.07) is 6.18. The summed E-state index contributed by atoms with van der Waals surface area (Å²) in [4.78, 5) is 12.7. The molecule has 0 fully saturated rings. The molecular formula is C22H18O11. The minimum absolute atomic E-state index is 0.0526. The molecule has 0 saturated carbocycles. The summed E-state index contributed by atoms with van der Waals surface area (Å²) in [6.07, 6.45) is -2.49. The van der Waals surface area contributed by atoms with E-state index in [4.69, 9.17) is 9.47 Å². The molecule has 0 saturated heterocycles. The Morgan fingerprint density at radius 3 is 1.88 bits per heavy atom. The average molecular weight is 458 g/mol. The van der Waals surface area contributed by atoms with Crippen LogP contribution in [0.25, 0.3) is 0 Å². The number of aromatic hydroxyl groups is 8. The molecule has 1 aliphatic rings. The van der Waals surface area contributed by atoms with Crippen LogP contribution in [-0.4, -0.2) is 52.9 Å². The van der Waals surface area contributed by atoms with Crippen molar-refractivity contribution >= 4 is 5.97 Å². The van der Waals surface area contributed by atoms with Gasteiger partial charge < -0.3 is 50.3 Å². The van der Waals surface area contributed by atoms with Gasteiger partial charge in [0, 0.05) is 29.7 Å². The number of hydrogen-bond acceptors (Lipinski definition) is 11. The van der Waals surface area contributed by atoms with Crippen LogP contribution in [0.1, 0.15) is 27.6 Å². The number of phenolic OH excluding ortho intramolecular Hbond substituents is 8. The minimum Gasteiger partial charge on any atom is -0.508 e. The van der Waals surface area contributed by atoms with Gasteiger partial charge in [-0.2, -0.15) is 0 Å². The molecule has 1 unspecified atom stereocenters. The van der Waals surface area contributed by atoms with Gasteiger partial charge in [-0.25, -0.2) is 4.79 Å². The van der Waals surface area contributed by atoms with Gasteiger partial charge in [0.25, 0.3) is 0 Å². The van der Waals surface area contributed by atoms with Crippen LogP contribution in [0, 0.1) is 0 Å². The van der Waals surface area contributed by atoms with Crippen molar-refractivity contribution < 1.29 is 55.1 Å². The molecule has 3 aromatic rings. The van der Waals surface area contributed by atoms with Gasteiger partial charge in [0.2, 0.25) is 0 Å². The molecule has 11 heteroatoms. The van der Waals surface area contributed by atoms with E-state index in [-0.39, 0.29) is 40.4 Å². The Labute approximate surface area is 185 Å². The molecule has 0 spiro atoms. The molecular weight excluding hydrogens is 440 g/mol. The molecule has 8 N–H and O–H groups in total. The largest absolute Gasteiger partial charge is 0.508 e. The van der Waals surface area contributed by atoms with E-state index in [9.17, 15) is 45.6 Å². The third-order valence-corrected chi connectivity index (χ3v) is 5.15. The summed E-state index contributed by atoms with van der Waals surface area (Å²) in [5, 5.41) is 78.2. The summed E-state index contributed by atoms with van der Waals surface area (Å²) in [7, 11) is 0. The fraction of sp³-hybridized carbons (Fsp3) is 0.136. The quantitative estimate of drug-likeness (QED) is 0.212. The van der Waals surface area contributed by atoms with E-state index in [1.165, 1.54) is 6.07 Å². The van der Waals surface area contributed by atoms with E-state index in [1.807, 2.05) is 0 Å². The smallest absolute Gasteiger partial charge is 0.338 e. The molecule has 33 heavy (non-hydrogen) atoms. The molecule has 172 valence electrons. The van der Waals surface area contributed by atoms with Crippen molar-refractivity contribution in [1.29, 1.82) is 0 Å². The standard InChI is InChI=1S/C22H18O11/c23-10-5-12(24)11-7-18(33-22(31)9-3-15(27)20(30)16(28)4-9)21(32-17(11)6-10)8-1-13(25)19(29)14(26)2-8/h1-6,18,21,23-30H,7H2/t18-,21?/m0/s1. The first kappa shape index (κ1) is 21.6. The maximum Gasteiger partial charge on any atom is 0.338 e. The summed E-state index contributed by atoms with van der Waals surface area (Å²) in [6.45, 7) is 0. The number of benzene rings is 3. The Morgan fingerprint density at radius 2 is 1.30 bits per heavy atom. The number of carbonyl (C=O) groups excluding carboxylic acids is 1. The monoisotopic (exact) mass is 458 g/mol. The number of rotatable bonds is 3. The first-order valence-electron chi connectivity index (χ1n) is 9.47. The first-order chi connectivity index (χ1) is 15.5. The Morgan fingerprint density at radius 1 is 0.758 bits per heavy atom. The molecule has 0 radical (unpaired) electrons. The Balaban J connectivity index is 1.75. The van der Waals surface area contributed by atoms with Crippen molar-refractivity contribution in [2.24, 2.45) is 0 Å². The van der Waals surface area contributed by atoms with E-state index in [0.29, 0.717) is 0 Å². The lowest BCUT2D eigenvalue weighted by molar-refractivity contribution is -0.0189. The van der Waals surface area contributed by atoms with Gasteiger partial charge in [0.15, 0.2) is 40.6 Å². The van der Waals surface area contributed by atoms with E-state index in [1.54, 1.807) is 0 Å². The van der Waals surface area contributed by atoms with Gasteiger partial charge in [-0.3, -0.25) is 0 Å². The highest BCUT2D eigenvalue weighted by molar-refractivity contribution is 5.91. The zero-order valence-electron chi connectivity index (χ0n) is 16.6. The molecule has 11 nitrogen and oxygen atoms in total. The molecule has 0 amide bonds. The van der Waals surface area contributed by atoms with Crippen molar-refractivity contribution in [2.45, 2.75) is 18.6 Å². The maximum absolute atomic E-state index is 12.7. The normalized spacial score (nSPS) is 17.1. The molecule has 1 aliphatic heterocycles. The van der Waals surface area contributed by atoms with Crippen LogP contribution in [0.3, 0.4) is 0 Å². The number of esters is 1. The van der Waals surface area contributed by atoms with Crippen molar-refractivity contribution in [3.05, 3.63) is 53.1 Å². The molecule has 1 heterocycles. The van der Waals surface area contributed by atoms with Crippen molar-refractivity contribution in [3.8, 4) is 51.7 Å². The highest BCUT2D eigenvalue weighted by Crippen LogP contribution is 2.46. The number of fused-ring (bicyclic) bond motifs is 1. The predicted molar refractivity (Wildman–Crippen MR) is 109 cm³/mol. The fourth-order valence-electron chi connectivity index (χ4n) is 3.55. The summed E-state index contributed by atoms with van der Waals surface area (Å²) in [5.74, 6) is -6.06. The van der Waals surface area contributed by atoms with Gasteiger partial charge in [0.05, 0.1) is 5.56 Å². The molecule has 0 aliphatic carbocycles. The zero-order valence-corrected chi connectivity index (χ0v) is 16.6. The van der Waals surface area contributed by atoms with Crippen molar-refractivity contribution in [3.63, 3.8) is 0 Å². The Hall–Kier alpha value is -4.67. The van der Waals surface area contributed by atoms with Crippen LogP contribution < -0.4 is 4.74 Å². The summed E-state index contributed by atoms with van der Waals surface area (Å²) in [5.41, 5.74) is -0.0189. The lowest BCUT2D eigenvalue weighted by Crippen LogP contribution is -2.34. The Kier molecular flexibility index (Phi) is 5.09. The predicted octanol–water partition coefficient (Wildman–Crippen LogP) is 2.23. The lowest BCUT2D eigenvalue weighted by atomic mass is 9.93. The number of hydrogen-bond donors (Lipinski definition) is 8. The molecule has 4 rings (SSSR count). The van der Waals surface area contributed by atoms with Crippen LogP contribution in [0.2, 0.25) is 0 Å². The third-order valence-electron chi connectivity index (χ3n) is 5.15. The SMILES string of the molecule is O=C(O[C@H]1Cc2c(O)cc(O)cc2OC1c1cc(O)c(O)c(O)c1)c1cc(O)c(O)c(O)c1. The van der Waals surface area contributed by atoms with Crippen LogP contribution in [-0.2, 0) is 11.2 Å². The second-order valence-corrected chi connectivity index (χ2v) is 7.40. The van der Waals surface area contributed by atoms with Crippen LogP contribution in [0.5, 0.6) is 51.7 Å². The highest BCUT2D eigenvalue weighted by Gasteiger charge is 2.37. The van der Waals surface area contributed by atoms with Gasteiger partial charge in [-0.05, 0) is 24.3 Å². The van der Waals surface area contributed by atoms with Crippen LogP contribution in [0.4, 0.5) is 0 Å². The summed E-state index contributed by atoms with van der Waals surface area (Å²) < 4.78 is 11.3. The van der Waals surface area contributed by atoms with E-state index in [2.05, 4.69) is 0 Å². The van der Waals surface area contributed by atoms with Crippen molar-refractivity contribution in [1.82, 2.24) is 0 Å². The topological polar surface area (TPSA) is 197 Å². The van der Waals surface area contributed by atoms with Crippen molar-refractivity contribution in [2.75, 3.05) is 0 Å². The zero-order chi connectivity index (χ0) is 24.0. The van der Waals surface area contributed by atoms with Gasteiger partial charge in [-0.1, -0.05) is 0 Å². The van der Waals surface area contributed by atoms with E-state index >= 15 is 0 Å². The van der Waals surface area contributed by atoms with Gasteiger partial charge in [-0.15, -0.1) is 0 Å². The number of phenols is 8. The molecule has 3 aromatic carbocycles. The summed E-state index contributed by atoms with van der Waals surface area (Å²) >= 11 is 0. The maximum atomic E-state index is 12.7. The first-order valence-corrected chi connectivity index (χ1v) is 9.47. The third kappa shape index (κ3) is 3.87. The second-order valence-electron chi connectivity index (χ2n) is 7.40. The number of ether oxygens (including phenoxy) is 2. The molecule has 0 aromatic heterocycles.